The minimum Gasteiger partial charge on any atom is -0.497 e. The van der Waals surface area contributed by atoms with Gasteiger partial charge in [-0.05, 0) is 42.0 Å². The van der Waals surface area contributed by atoms with E-state index in [1.165, 1.54) is 0 Å². The summed E-state index contributed by atoms with van der Waals surface area (Å²) in [4.78, 5) is 0. The maximum Gasteiger partial charge on any atom is 0.119 e. The molecule has 0 aliphatic rings. The molecule has 0 aliphatic carbocycles. The van der Waals surface area contributed by atoms with E-state index in [0.29, 0.717) is 5.41 Å². The highest BCUT2D eigenvalue weighted by atomic mass is 79.9. The van der Waals surface area contributed by atoms with Crippen LogP contribution in [0.3, 0.4) is 0 Å². The van der Waals surface area contributed by atoms with Crippen molar-refractivity contribution in [3.05, 3.63) is 28.2 Å². The lowest BCUT2D eigenvalue weighted by Gasteiger charge is -2.24. The summed E-state index contributed by atoms with van der Waals surface area (Å²) in [6, 6.07) is 6.09. The monoisotopic (exact) mass is 314 g/mol. The van der Waals surface area contributed by atoms with Gasteiger partial charge in [0.1, 0.15) is 5.75 Å². The molecule has 3 nitrogen and oxygen atoms in total. The molecule has 0 saturated heterocycles. The first-order valence-corrected chi connectivity index (χ1v) is 6.96. The van der Waals surface area contributed by atoms with Gasteiger partial charge < -0.3 is 4.74 Å². The molecule has 1 aromatic carbocycles. The van der Waals surface area contributed by atoms with Crippen LogP contribution in [0.2, 0.25) is 0 Å². The van der Waals surface area contributed by atoms with Crippen LogP contribution < -0.4 is 16.0 Å². The van der Waals surface area contributed by atoms with E-state index in [9.17, 15) is 0 Å². The molecule has 0 aromatic heterocycles. The lowest BCUT2D eigenvalue weighted by molar-refractivity contribution is 0.332. The first kappa shape index (κ1) is 15.5. The standard InChI is InChI=1S/C14H23BrN2O/c1-14(2,3)8-7-13(17-16)11-9-10(18-4)5-6-12(11)15/h5-6,9,13,17H,7-8,16H2,1-4H3. The van der Waals surface area contributed by atoms with Crippen LogP contribution in [0.25, 0.3) is 0 Å². The van der Waals surface area contributed by atoms with Crippen LogP contribution in [0.1, 0.15) is 45.2 Å². The first-order valence-electron chi connectivity index (χ1n) is 6.17. The maximum atomic E-state index is 5.68. The number of hydrogen-bond donors (Lipinski definition) is 2. The van der Waals surface area contributed by atoms with Gasteiger partial charge >= 0.3 is 0 Å². The van der Waals surface area contributed by atoms with E-state index >= 15 is 0 Å². The van der Waals surface area contributed by atoms with E-state index in [2.05, 4.69) is 42.1 Å². The minimum atomic E-state index is 0.133. The molecule has 0 amide bonds. The maximum absolute atomic E-state index is 5.68. The number of rotatable bonds is 5. The molecule has 1 atom stereocenters. The second kappa shape index (κ2) is 6.55. The smallest absolute Gasteiger partial charge is 0.119 e. The Balaban J connectivity index is 2.87. The van der Waals surface area contributed by atoms with Crippen LogP contribution in [0.15, 0.2) is 22.7 Å². The summed E-state index contributed by atoms with van der Waals surface area (Å²) in [6.07, 6.45) is 2.09. The van der Waals surface area contributed by atoms with Crippen LogP contribution in [-0.4, -0.2) is 7.11 Å². The average Bonchev–Trinajstić information content (AvgIpc) is 2.30. The molecular formula is C14H23BrN2O. The topological polar surface area (TPSA) is 47.3 Å². The molecule has 1 rings (SSSR count). The number of hydrazine groups is 1. The van der Waals surface area contributed by atoms with Gasteiger partial charge in [-0.1, -0.05) is 36.7 Å². The van der Waals surface area contributed by atoms with Gasteiger partial charge in [0.2, 0.25) is 0 Å². The number of methoxy groups -OCH3 is 1. The fourth-order valence-corrected chi connectivity index (χ4v) is 2.34. The van der Waals surface area contributed by atoms with Crippen molar-refractivity contribution in [1.29, 1.82) is 0 Å². The Morgan fingerprint density at radius 2 is 2.06 bits per heavy atom. The predicted molar refractivity (Wildman–Crippen MR) is 79.4 cm³/mol. The molecule has 102 valence electrons. The molecular weight excluding hydrogens is 292 g/mol. The average molecular weight is 315 g/mol. The van der Waals surface area contributed by atoms with Gasteiger partial charge in [0.25, 0.3) is 0 Å². The molecule has 1 aromatic rings. The predicted octanol–water partition coefficient (Wildman–Crippen LogP) is 3.79. The SMILES string of the molecule is COc1ccc(Br)c(C(CCC(C)(C)C)NN)c1. The van der Waals surface area contributed by atoms with Gasteiger partial charge in [-0.3, -0.25) is 11.3 Å². The quantitative estimate of drug-likeness (QED) is 0.642. The van der Waals surface area contributed by atoms with Gasteiger partial charge in [-0.2, -0.15) is 0 Å². The summed E-state index contributed by atoms with van der Waals surface area (Å²) < 4.78 is 6.32. The van der Waals surface area contributed by atoms with Crippen LogP contribution in [0.4, 0.5) is 0 Å². The number of ether oxygens (including phenoxy) is 1. The second-order valence-corrected chi connectivity index (χ2v) is 6.56. The van der Waals surface area contributed by atoms with Crippen LogP contribution >= 0.6 is 15.9 Å². The lowest BCUT2D eigenvalue weighted by Crippen LogP contribution is -2.29. The minimum absolute atomic E-state index is 0.133. The Hall–Kier alpha value is -0.580. The normalized spacial score (nSPS) is 13.4. The Morgan fingerprint density at radius 1 is 1.39 bits per heavy atom. The van der Waals surface area contributed by atoms with Gasteiger partial charge in [-0.25, -0.2) is 0 Å². The van der Waals surface area contributed by atoms with Crippen molar-refractivity contribution in [1.82, 2.24) is 5.43 Å². The molecule has 4 heteroatoms. The van der Waals surface area contributed by atoms with Crippen LogP contribution in [0.5, 0.6) is 5.75 Å². The van der Waals surface area contributed by atoms with Crippen LogP contribution in [-0.2, 0) is 0 Å². The summed E-state index contributed by atoms with van der Waals surface area (Å²) in [6.45, 7) is 6.71. The third kappa shape index (κ3) is 4.59. The van der Waals surface area contributed by atoms with Crippen molar-refractivity contribution in [2.24, 2.45) is 11.3 Å². The molecule has 0 fully saturated rings. The number of hydrogen-bond acceptors (Lipinski definition) is 3. The summed E-state index contributed by atoms with van der Waals surface area (Å²) >= 11 is 3.57. The first-order chi connectivity index (χ1) is 8.37. The zero-order valence-corrected chi connectivity index (χ0v) is 13.2. The molecule has 3 N–H and O–H groups in total. The largest absolute Gasteiger partial charge is 0.497 e. The van der Waals surface area contributed by atoms with E-state index in [-0.39, 0.29) is 6.04 Å². The third-order valence-corrected chi connectivity index (χ3v) is 3.68. The molecule has 18 heavy (non-hydrogen) atoms. The van der Waals surface area contributed by atoms with E-state index in [4.69, 9.17) is 10.6 Å². The van der Waals surface area contributed by atoms with E-state index in [0.717, 1.165) is 28.6 Å². The molecule has 0 spiro atoms. The van der Waals surface area contributed by atoms with E-state index in [1.807, 2.05) is 18.2 Å². The Morgan fingerprint density at radius 3 is 2.56 bits per heavy atom. The summed E-state index contributed by atoms with van der Waals surface area (Å²) in [5.74, 6) is 6.53. The van der Waals surface area contributed by atoms with Gasteiger partial charge in [0.05, 0.1) is 7.11 Å². The molecule has 0 bridgehead atoms. The van der Waals surface area contributed by atoms with Crippen molar-refractivity contribution < 1.29 is 4.74 Å². The van der Waals surface area contributed by atoms with Crippen molar-refractivity contribution in [2.75, 3.05) is 7.11 Å². The molecule has 0 radical (unpaired) electrons. The third-order valence-electron chi connectivity index (χ3n) is 2.96. The van der Waals surface area contributed by atoms with Gasteiger partial charge in [-0.15, -0.1) is 0 Å². The summed E-state index contributed by atoms with van der Waals surface area (Å²) in [5.41, 5.74) is 4.34. The zero-order valence-electron chi connectivity index (χ0n) is 11.6. The molecule has 0 saturated carbocycles. The Kier molecular flexibility index (Phi) is 5.63. The highest BCUT2D eigenvalue weighted by Crippen LogP contribution is 2.32. The molecule has 1 unspecified atom stereocenters. The highest BCUT2D eigenvalue weighted by molar-refractivity contribution is 9.10. The van der Waals surface area contributed by atoms with Crippen molar-refractivity contribution in [3.8, 4) is 5.75 Å². The Labute approximate surface area is 118 Å². The Bertz CT molecular complexity index is 388. The lowest BCUT2D eigenvalue weighted by atomic mass is 9.87. The second-order valence-electron chi connectivity index (χ2n) is 5.71. The van der Waals surface area contributed by atoms with Crippen molar-refractivity contribution in [3.63, 3.8) is 0 Å². The molecule has 0 heterocycles. The number of nitrogens with one attached hydrogen (secondary N) is 1. The number of benzene rings is 1. The van der Waals surface area contributed by atoms with Crippen molar-refractivity contribution >= 4 is 15.9 Å². The molecule has 0 aliphatic heterocycles. The van der Waals surface area contributed by atoms with Crippen LogP contribution in [0, 0.1) is 5.41 Å². The van der Waals surface area contributed by atoms with Gasteiger partial charge in [0, 0.05) is 10.5 Å². The van der Waals surface area contributed by atoms with E-state index < -0.39 is 0 Å². The highest BCUT2D eigenvalue weighted by Gasteiger charge is 2.18. The van der Waals surface area contributed by atoms with Gasteiger partial charge in [0.15, 0.2) is 0 Å². The number of halogens is 1. The number of nitrogens with two attached hydrogens (primary N) is 1. The summed E-state index contributed by atoms with van der Waals surface area (Å²) in [7, 11) is 1.67. The fraction of sp³-hybridized carbons (Fsp3) is 0.571. The fourth-order valence-electron chi connectivity index (χ4n) is 1.82. The van der Waals surface area contributed by atoms with Crippen molar-refractivity contribution in [2.45, 2.75) is 39.7 Å². The zero-order chi connectivity index (χ0) is 13.8. The van der Waals surface area contributed by atoms with E-state index in [1.54, 1.807) is 7.11 Å². The summed E-state index contributed by atoms with van der Waals surface area (Å²) in [5, 5.41) is 0.